The summed E-state index contributed by atoms with van der Waals surface area (Å²) in [6.07, 6.45) is 4.86. The first-order valence-electron chi connectivity index (χ1n) is 10.1. The molecule has 4 aromatic rings. The molecule has 3 heterocycles. The van der Waals surface area contributed by atoms with Crippen molar-refractivity contribution in [1.29, 1.82) is 0 Å². The number of amides is 2. The van der Waals surface area contributed by atoms with Gasteiger partial charge in [-0.3, -0.25) is 15.1 Å². The fraction of sp³-hybridized carbons (Fsp3) is 0.227. The van der Waals surface area contributed by atoms with E-state index >= 15 is 0 Å². The summed E-state index contributed by atoms with van der Waals surface area (Å²) in [5.74, 6) is 0.118. The third kappa shape index (κ3) is 5.14. The van der Waals surface area contributed by atoms with Crippen molar-refractivity contribution in [1.82, 2.24) is 29.9 Å². The van der Waals surface area contributed by atoms with Gasteiger partial charge in [-0.15, -0.1) is 0 Å². The van der Waals surface area contributed by atoms with Crippen LogP contribution in [0.15, 0.2) is 48.9 Å². The van der Waals surface area contributed by atoms with E-state index < -0.39 is 11.8 Å². The number of nitrogens with zero attached hydrogens (tertiary/aromatic N) is 5. The average Bonchev–Trinajstić information content (AvgIpc) is 3.41. The minimum absolute atomic E-state index is 0.0609. The largest absolute Gasteiger partial charge is 0.424 e. The molecule has 0 radical (unpaired) electrons. The van der Waals surface area contributed by atoms with Gasteiger partial charge in [0.1, 0.15) is 17.4 Å². The van der Waals surface area contributed by atoms with Crippen molar-refractivity contribution in [3.63, 3.8) is 0 Å². The van der Waals surface area contributed by atoms with Crippen molar-refractivity contribution in [3.8, 4) is 23.0 Å². The molecule has 0 bridgehead atoms. The number of anilines is 2. The van der Waals surface area contributed by atoms with Crippen LogP contribution in [0.25, 0.3) is 11.3 Å². The molecule has 3 N–H and O–H groups in total. The van der Waals surface area contributed by atoms with E-state index in [0.29, 0.717) is 11.5 Å². The molecule has 4 rings (SSSR count). The van der Waals surface area contributed by atoms with Crippen molar-refractivity contribution in [3.05, 3.63) is 60.4 Å². The number of hydrogen-bond donors (Lipinski definition) is 3. The highest BCUT2D eigenvalue weighted by molar-refractivity contribution is 5.99. The molecule has 11 heteroatoms. The van der Waals surface area contributed by atoms with Gasteiger partial charge < -0.3 is 10.1 Å². The number of H-pyrrole nitrogens is 1. The average molecular weight is 450 g/mol. The molecule has 10 nitrogen and oxygen atoms in total. The minimum atomic E-state index is -0.619. The lowest BCUT2D eigenvalue weighted by Gasteiger charge is -2.13. The lowest BCUT2D eigenvalue weighted by Crippen LogP contribution is -2.21. The van der Waals surface area contributed by atoms with Crippen LogP contribution in [0.2, 0.25) is 0 Å². The minimum Gasteiger partial charge on any atom is -0.424 e. The second-order valence-corrected chi connectivity index (χ2v) is 8.32. The van der Waals surface area contributed by atoms with Gasteiger partial charge >= 0.3 is 12.0 Å². The molecule has 0 aliphatic carbocycles. The highest BCUT2D eigenvalue weighted by Gasteiger charge is 2.20. The molecule has 0 fully saturated rings. The first-order chi connectivity index (χ1) is 15.7. The number of urea groups is 1. The van der Waals surface area contributed by atoms with Crippen LogP contribution in [0.1, 0.15) is 26.5 Å². The Morgan fingerprint density at radius 1 is 1.18 bits per heavy atom. The number of carbonyl (C=O) groups is 1. The van der Waals surface area contributed by atoms with Gasteiger partial charge in [-0.25, -0.2) is 14.2 Å². The SMILES string of the molecule is Cn1nc(C(C)(C)C)cc1NC(=O)Nc1cc(Oc2nccc(-c3cn[nH]c3)n2)ccc1F. The molecule has 0 aliphatic heterocycles. The molecular formula is C22H23FN8O2. The Kier molecular flexibility index (Phi) is 5.78. The number of ether oxygens (including phenoxy) is 1. The van der Waals surface area contributed by atoms with E-state index in [1.165, 1.54) is 18.2 Å². The molecule has 2 amide bonds. The lowest BCUT2D eigenvalue weighted by molar-refractivity contribution is 0.262. The van der Waals surface area contributed by atoms with Crippen LogP contribution in [0.3, 0.4) is 0 Å². The zero-order valence-corrected chi connectivity index (χ0v) is 18.5. The Labute approximate surface area is 189 Å². The maximum absolute atomic E-state index is 14.3. The summed E-state index contributed by atoms with van der Waals surface area (Å²) in [6.45, 7) is 6.07. The van der Waals surface area contributed by atoms with Gasteiger partial charge in [0.2, 0.25) is 0 Å². The van der Waals surface area contributed by atoms with Crippen LogP contribution >= 0.6 is 0 Å². The number of benzene rings is 1. The monoisotopic (exact) mass is 450 g/mol. The second-order valence-electron chi connectivity index (χ2n) is 8.32. The Balaban J connectivity index is 1.47. The van der Waals surface area contributed by atoms with Crippen LogP contribution in [0, 0.1) is 5.82 Å². The quantitative estimate of drug-likeness (QED) is 0.412. The molecule has 3 aromatic heterocycles. The summed E-state index contributed by atoms with van der Waals surface area (Å²) in [6, 6.07) is 6.90. The molecule has 0 saturated carbocycles. The van der Waals surface area contributed by atoms with E-state index in [0.717, 1.165) is 11.3 Å². The summed E-state index contributed by atoms with van der Waals surface area (Å²) in [7, 11) is 1.72. The number of nitrogens with one attached hydrogen (secondary N) is 3. The van der Waals surface area contributed by atoms with Crippen molar-refractivity contribution < 1.29 is 13.9 Å². The molecule has 0 atom stereocenters. The molecule has 0 spiro atoms. The summed E-state index contributed by atoms with van der Waals surface area (Å²) in [4.78, 5) is 20.9. The van der Waals surface area contributed by atoms with Crippen LogP contribution < -0.4 is 15.4 Å². The maximum Gasteiger partial charge on any atom is 0.324 e. The molecular weight excluding hydrogens is 427 g/mol. The Hall–Kier alpha value is -4.28. The van der Waals surface area contributed by atoms with E-state index in [1.807, 2.05) is 20.8 Å². The zero-order valence-electron chi connectivity index (χ0n) is 18.5. The Morgan fingerprint density at radius 2 is 2.00 bits per heavy atom. The first kappa shape index (κ1) is 21.9. The Morgan fingerprint density at radius 3 is 2.70 bits per heavy atom. The van der Waals surface area contributed by atoms with Gasteiger partial charge in [0.15, 0.2) is 0 Å². The number of carbonyl (C=O) groups excluding carboxylic acids is 1. The van der Waals surface area contributed by atoms with Crippen molar-refractivity contribution >= 4 is 17.5 Å². The Bertz CT molecular complexity index is 1280. The standard InChI is InChI=1S/C22H23FN8O2/c1-22(2,3)18-10-19(31(4)30-18)29-20(32)27-17-9-14(5-6-15(17)23)33-21-24-8-7-16(28-21)13-11-25-26-12-13/h5-12H,1-4H3,(H,25,26)(H2,27,29,32). The summed E-state index contributed by atoms with van der Waals surface area (Å²) in [5, 5.41) is 16.2. The smallest absolute Gasteiger partial charge is 0.324 e. The van der Waals surface area contributed by atoms with Gasteiger partial charge in [-0.2, -0.15) is 15.2 Å². The number of halogens is 1. The molecule has 0 aliphatic rings. The second kappa shape index (κ2) is 8.69. The third-order valence-electron chi connectivity index (χ3n) is 4.71. The molecule has 0 unspecified atom stereocenters. The fourth-order valence-corrected chi connectivity index (χ4v) is 2.93. The van der Waals surface area contributed by atoms with Crippen molar-refractivity contribution in [2.75, 3.05) is 10.6 Å². The topological polar surface area (TPSA) is 123 Å². The predicted molar refractivity (Wildman–Crippen MR) is 121 cm³/mol. The van der Waals surface area contributed by atoms with Crippen LogP contribution in [-0.4, -0.2) is 36.0 Å². The fourth-order valence-electron chi connectivity index (χ4n) is 2.93. The summed E-state index contributed by atoms with van der Waals surface area (Å²) in [5.41, 5.74) is 1.96. The van der Waals surface area contributed by atoms with Crippen LogP contribution in [0.5, 0.6) is 11.8 Å². The molecule has 1 aromatic carbocycles. The van der Waals surface area contributed by atoms with Gasteiger partial charge in [0.05, 0.1) is 23.3 Å². The van der Waals surface area contributed by atoms with E-state index in [2.05, 4.69) is 35.9 Å². The number of aryl methyl sites for hydroxylation is 1. The lowest BCUT2D eigenvalue weighted by atomic mass is 9.92. The van der Waals surface area contributed by atoms with Gasteiger partial charge in [0.25, 0.3) is 0 Å². The van der Waals surface area contributed by atoms with E-state index in [4.69, 9.17) is 4.74 Å². The number of aromatic nitrogens is 6. The first-order valence-corrected chi connectivity index (χ1v) is 10.1. The number of aromatic amines is 1. The van der Waals surface area contributed by atoms with E-state index in [1.54, 1.807) is 42.5 Å². The molecule has 33 heavy (non-hydrogen) atoms. The maximum atomic E-state index is 14.3. The van der Waals surface area contributed by atoms with Gasteiger partial charge in [-0.05, 0) is 18.2 Å². The third-order valence-corrected chi connectivity index (χ3v) is 4.71. The number of rotatable bonds is 5. The van der Waals surface area contributed by atoms with E-state index in [-0.39, 0.29) is 22.9 Å². The zero-order chi connectivity index (χ0) is 23.6. The van der Waals surface area contributed by atoms with Crippen LogP contribution in [0.4, 0.5) is 20.7 Å². The number of hydrogen-bond acceptors (Lipinski definition) is 6. The summed E-state index contributed by atoms with van der Waals surface area (Å²) < 4.78 is 21.6. The van der Waals surface area contributed by atoms with Gasteiger partial charge in [0, 0.05) is 42.6 Å². The normalized spacial score (nSPS) is 11.3. The highest BCUT2D eigenvalue weighted by atomic mass is 19.1. The molecule has 0 saturated heterocycles. The van der Waals surface area contributed by atoms with Crippen molar-refractivity contribution in [2.45, 2.75) is 26.2 Å². The summed E-state index contributed by atoms with van der Waals surface area (Å²) >= 11 is 0. The van der Waals surface area contributed by atoms with Crippen molar-refractivity contribution in [2.24, 2.45) is 7.05 Å². The molecule has 170 valence electrons. The van der Waals surface area contributed by atoms with Crippen LogP contribution in [-0.2, 0) is 12.5 Å². The van der Waals surface area contributed by atoms with E-state index in [9.17, 15) is 9.18 Å². The van der Waals surface area contributed by atoms with Gasteiger partial charge in [-0.1, -0.05) is 20.8 Å². The predicted octanol–water partition coefficient (Wildman–Crippen LogP) is 4.47. The highest BCUT2D eigenvalue weighted by Crippen LogP contribution is 2.27.